The molecular weight excluding hydrogens is 533 g/mol. The molecular formula is C22H22INO6S. The molecule has 7 nitrogen and oxygen atoms in total. The molecule has 0 spiro atoms. The number of halogens is 1. The molecule has 0 N–H and O–H groups in total. The predicted molar refractivity (Wildman–Crippen MR) is 128 cm³/mol. The third-order valence-corrected chi connectivity index (χ3v) is 6.06. The zero-order valence-electron chi connectivity index (χ0n) is 17.3. The van der Waals surface area contributed by atoms with Gasteiger partial charge in [0.1, 0.15) is 6.61 Å². The first-order valence-corrected chi connectivity index (χ1v) is 11.4. The monoisotopic (exact) mass is 555 g/mol. The van der Waals surface area contributed by atoms with E-state index in [9.17, 15) is 9.59 Å². The molecule has 0 aliphatic carbocycles. The molecule has 31 heavy (non-hydrogen) atoms. The van der Waals surface area contributed by atoms with Crippen LogP contribution < -0.4 is 18.9 Å². The van der Waals surface area contributed by atoms with E-state index in [1.54, 1.807) is 38.5 Å². The summed E-state index contributed by atoms with van der Waals surface area (Å²) in [6, 6.07) is 10.9. The second kappa shape index (κ2) is 10.8. The number of carbonyl (C=O) groups excluding carboxylic acids is 2. The summed E-state index contributed by atoms with van der Waals surface area (Å²) < 4.78 is 22.8. The van der Waals surface area contributed by atoms with Crippen LogP contribution in [0.2, 0.25) is 0 Å². The van der Waals surface area contributed by atoms with Crippen LogP contribution in [-0.4, -0.2) is 50.0 Å². The van der Waals surface area contributed by atoms with Gasteiger partial charge < -0.3 is 18.9 Å². The van der Waals surface area contributed by atoms with Crippen LogP contribution in [0.15, 0.2) is 41.3 Å². The normalized spacial score (nSPS) is 14.8. The van der Waals surface area contributed by atoms with Crippen LogP contribution in [0, 0.1) is 3.57 Å². The maximum atomic E-state index is 12.8. The highest BCUT2D eigenvalue weighted by Gasteiger charge is 2.35. The molecule has 2 aromatic rings. The van der Waals surface area contributed by atoms with Crippen molar-refractivity contribution in [3.8, 4) is 23.0 Å². The number of nitrogens with zero attached hydrogens (tertiary/aromatic N) is 1. The number of carbonyl (C=O) groups is 2. The number of rotatable bonds is 9. The lowest BCUT2D eigenvalue weighted by molar-refractivity contribution is -0.123. The Morgan fingerprint density at radius 3 is 2.45 bits per heavy atom. The van der Waals surface area contributed by atoms with Gasteiger partial charge in [-0.25, -0.2) is 0 Å². The average Bonchev–Trinajstić information content (AvgIpc) is 3.01. The Balaban J connectivity index is 1.72. The molecule has 1 heterocycles. The van der Waals surface area contributed by atoms with Crippen LogP contribution in [0.5, 0.6) is 23.0 Å². The van der Waals surface area contributed by atoms with Gasteiger partial charge in [-0.2, -0.15) is 0 Å². The molecule has 1 fully saturated rings. The highest BCUT2D eigenvalue weighted by Crippen LogP contribution is 2.37. The quantitative estimate of drug-likeness (QED) is 0.325. The van der Waals surface area contributed by atoms with E-state index in [0.717, 1.165) is 20.9 Å². The zero-order valence-corrected chi connectivity index (χ0v) is 20.3. The fraction of sp³-hybridized carbons (Fsp3) is 0.273. The number of thioether (sulfide) groups is 1. The lowest BCUT2D eigenvalue weighted by atomic mass is 10.2. The second-order valence-corrected chi connectivity index (χ2v) is 8.46. The van der Waals surface area contributed by atoms with Gasteiger partial charge in [-0.1, -0.05) is 12.1 Å². The Morgan fingerprint density at radius 1 is 1.03 bits per heavy atom. The fourth-order valence-electron chi connectivity index (χ4n) is 2.96. The third-order valence-electron chi connectivity index (χ3n) is 4.35. The molecule has 1 aliphatic heterocycles. The molecule has 0 radical (unpaired) electrons. The number of benzene rings is 2. The summed E-state index contributed by atoms with van der Waals surface area (Å²) in [5, 5.41) is -0.326. The number of methoxy groups -OCH3 is 2. The van der Waals surface area contributed by atoms with Crippen molar-refractivity contribution in [2.75, 3.05) is 34.0 Å². The maximum Gasteiger partial charge on any atom is 0.293 e. The Bertz CT molecular complexity index is 1010. The minimum atomic E-state index is -0.345. The van der Waals surface area contributed by atoms with Gasteiger partial charge in [-0.05, 0) is 77.2 Å². The number of amides is 2. The maximum absolute atomic E-state index is 12.8. The first kappa shape index (κ1) is 23.3. The van der Waals surface area contributed by atoms with Crippen molar-refractivity contribution in [2.45, 2.75) is 6.92 Å². The molecule has 0 atom stereocenters. The van der Waals surface area contributed by atoms with Crippen LogP contribution in [-0.2, 0) is 4.79 Å². The van der Waals surface area contributed by atoms with Crippen molar-refractivity contribution in [1.82, 2.24) is 4.90 Å². The number of hydrogen-bond acceptors (Lipinski definition) is 7. The summed E-state index contributed by atoms with van der Waals surface area (Å²) in [5.41, 5.74) is 0.754. The van der Waals surface area contributed by atoms with Gasteiger partial charge >= 0.3 is 0 Å². The zero-order chi connectivity index (χ0) is 22.4. The first-order valence-electron chi connectivity index (χ1n) is 9.50. The molecule has 0 saturated carbocycles. The summed E-state index contributed by atoms with van der Waals surface area (Å²) in [6.45, 7) is 2.68. The van der Waals surface area contributed by atoms with Gasteiger partial charge in [0.15, 0.2) is 23.0 Å². The van der Waals surface area contributed by atoms with Gasteiger partial charge in [0.25, 0.3) is 11.1 Å². The third kappa shape index (κ3) is 5.45. The summed E-state index contributed by atoms with van der Waals surface area (Å²) in [4.78, 5) is 26.7. The number of hydrogen-bond donors (Lipinski definition) is 0. The van der Waals surface area contributed by atoms with E-state index in [4.69, 9.17) is 18.9 Å². The molecule has 0 aromatic heterocycles. The van der Waals surface area contributed by atoms with E-state index in [1.165, 1.54) is 4.90 Å². The Kier molecular flexibility index (Phi) is 8.08. The average molecular weight is 555 g/mol. The second-order valence-electron chi connectivity index (χ2n) is 6.30. The Morgan fingerprint density at radius 2 is 1.77 bits per heavy atom. The van der Waals surface area contributed by atoms with Crippen molar-refractivity contribution < 1.29 is 28.5 Å². The smallest absolute Gasteiger partial charge is 0.293 e. The summed E-state index contributed by atoms with van der Waals surface area (Å²) in [6.07, 6.45) is 1.69. The van der Waals surface area contributed by atoms with E-state index in [2.05, 4.69) is 22.6 Å². The molecule has 0 unspecified atom stereocenters. The standard InChI is InChI=1S/C22H22INO6S/c1-4-29-18-12-14(11-15(23)20(18)28-3)13-19-21(25)24(22(26)31-19)9-10-30-17-8-6-5-7-16(17)27-2/h5-8,11-13H,4,9-10H2,1-3H3/b19-13-. The van der Waals surface area contributed by atoms with Crippen molar-refractivity contribution in [3.05, 3.63) is 50.4 Å². The minimum Gasteiger partial charge on any atom is -0.493 e. The van der Waals surface area contributed by atoms with Crippen molar-refractivity contribution in [2.24, 2.45) is 0 Å². The highest BCUT2D eigenvalue weighted by molar-refractivity contribution is 14.1. The molecule has 2 aromatic carbocycles. The largest absolute Gasteiger partial charge is 0.493 e. The summed E-state index contributed by atoms with van der Waals surface area (Å²) in [5.74, 6) is 2.04. The highest BCUT2D eigenvalue weighted by atomic mass is 127. The van der Waals surface area contributed by atoms with E-state index in [1.807, 2.05) is 25.1 Å². The molecule has 1 aliphatic rings. The van der Waals surface area contributed by atoms with Gasteiger partial charge in [0.05, 0.1) is 35.8 Å². The van der Waals surface area contributed by atoms with Crippen molar-refractivity contribution in [3.63, 3.8) is 0 Å². The predicted octanol–water partition coefficient (Wildman–Crippen LogP) is 4.82. The van der Waals surface area contributed by atoms with E-state index >= 15 is 0 Å². The van der Waals surface area contributed by atoms with Gasteiger partial charge in [-0.15, -0.1) is 0 Å². The van der Waals surface area contributed by atoms with Crippen LogP contribution in [0.3, 0.4) is 0 Å². The van der Waals surface area contributed by atoms with Gasteiger partial charge in [0, 0.05) is 0 Å². The van der Waals surface area contributed by atoms with Crippen LogP contribution in [0.1, 0.15) is 12.5 Å². The SMILES string of the molecule is CCOc1cc(/C=C2\SC(=O)N(CCOc3ccccc3OC)C2=O)cc(I)c1OC. The lowest BCUT2D eigenvalue weighted by Gasteiger charge is -2.14. The Labute approximate surface area is 198 Å². The lowest BCUT2D eigenvalue weighted by Crippen LogP contribution is -2.32. The van der Waals surface area contributed by atoms with Crippen LogP contribution in [0.4, 0.5) is 4.79 Å². The minimum absolute atomic E-state index is 0.143. The van der Waals surface area contributed by atoms with Gasteiger partial charge in [0.2, 0.25) is 0 Å². The van der Waals surface area contributed by atoms with Crippen molar-refractivity contribution in [1.29, 1.82) is 0 Å². The number of para-hydroxylation sites is 2. The van der Waals surface area contributed by atoms with Crippen LogP contribution >= 0.6 is 34.4 Å². The summed E-state index contributed by atoms with van der Waals surface area (Å²) in [7, 11) is 3.14. The fourth-order valence-corrected chi connectivity index (χ4v) is 4.67. The molecule has 0 bridgehead atoms. The molecule has 3 rings (SSSR count). The topological polar surface area (TPSA) is 74.3 Å². The first-order chi connectivity index (χ1) is 15.0. The van der Waals surface area contributed by atoms with E-state index in [-0.39, 0.29) is 24.3 Å². The number of ether oxygens (including phenoxy) is 4. The number of imide groups is 1. The van der Waals surface area contributed by atoms with Gasteiger partial charge in [-0.3, -0.25) is 14.5 Å². The molecule has 164 valence electrons. The van der Waals surface area contributed by atoms with Crippen LogP contribution in [0.25, 0.3) is 6.08 Å². The molecule has 9 heteroatoms. The Hall–Kier alpha value is -2.40. The van der Waals surface area contributed by atoms with Crippen molar-refractivity contribution >= 4 is 51.6 Å². The summed E-state index contributed by atoms with van der Waals surface area (Å²) >= 11 is 3.06. The molecule has 2 amide bonds. The van der Waals surface area contributed by atoms with E-state index in [0.29, 0.717) is 34.5 Å². The molecule has 1 saturated heterocycles. The van der Waals surface area contributed by atoms with E-state index < -0.39 is 0 Å².